The minimum absolute atomic E-state index is 0.0182. The number of benzene rings is 1. The second-order valence-electron chi connectivity index (χ2n) is 11.4. The molecule has 2 N–H and O–H groups in total. The van der Waals surface area contributed by atoms with Crippen LogP contribution in [0.1, 0.15) is 37.9 Å². The standard InChI is InChI=1S/C32H32Cl2N6O3/c1-6-25(41)38-14-20-15-43-30-29(39(20)13-18(38)5)22-12-24(34)27(21-11-19(35)7-8-23(21)33)37-31(22)40(32(30)42)28-17(4)9-10-36-26(28)16(2)3/h6-12,16,18,20H,1,13-15,35H2,2-5H3. The van der Waals surface area contributed by atoms with E-state index >= 15 is 0 Å². The van der Waals surface area contributed by atoms with Crippen molar-refractivity contribution in [3.05, 3.63) is 80.8 Å². The van der Waals surface area contributed by atoms with Crippen molar-refractivity contribution < 1.29 is 9.53 Å². The van der Waals surface area contributed by atoms with Crippen LogP contribution in [0.4, 0.5) is 11.4 Å². The second-order valence-corrected chi connectivity index (χ2v) is 12.2. The summed E-state index contributed by atoms with van der Waals surface area (Å²) in [7, 11) is 0. The summed E-state index contributed by atoms with van der Waals surface area (Å²) in [6.07, 6.45) is 3.07. The van der Waals surface area contributed by atoms with Crippen LogP contribution in [0.5, 0.6) is 5.75 Å². The van der Waals surface area contributed by atoms with E-state index in [4.69, 9.17) is 38.7 Å². The molecule has 1 amide bonds. The molecule has 2 aliphatic rings. The number of halogens is 2. The molecule has 222 valence electrons. The van der Waals surface area contributed by atoms with Crippen LogP contribution in [0.15, 0.2) is 54.0 Å². The number of carbonyl (C=O) groups excluding carboxylic acids is 1. The van der Waals surface area contributed by atoms with Crippen LogP contribution in [0, 0.1) is 6.92 Å². The van der Waals surface area contributed by atoms with Crippen LogP contribution in [0.25, 0.3) is 28.0 Å². The molecule has 1 aromatic carbocycles. The predicted octanol–water partition coefficient (Wildman–Crippen LogP) is 5.75. The Balaban J connectivity index is 1.69. The third kappa shape index (κ3) is 4.71. The van der Waals surface area contributed by atoms with Crippen molar-refractivity contribution in [3.8, 4) is 22.7 Å². The van der Waals surface area contributed by atoms with Crippen molar-refractivity contribution in [1.82, 2.24) is 19.4 Å². The number of amides is 1. The highest BCUT2D eigenvalue weighted by Crippen LogP contribution is 2.44. The maximum Gasteiger partial charge on any atom is 0.301 e. The fourth-order valence-electron chi connectivity index (χ4n) is 6.12. The van der Waals surface area contributed by atoms with Gasteiger partial charge >= 0.3 is 5.56 Å². The van der Waals surface area contributed by atoms with E-state index in [-0.39, 0.29) is 41.8 Å². The molecule has 6 rings (SSSR count). The molecule has 1 saturated heterocycles. The van der Waals surface area contributed by atoms with E-state index in [1.807, 2.05) is 39.8 Å². The second kappa shape index (κ2) is 10.9. The number of piperazine rings is 1. The van der Waals surface area contributed by atoms with E-state index in [0.29, 0.717) is 62.5 Å². The largest absolute Gasteiger partial charge is 0.484 e. The molecule has 3 aromatic heterocycles. The average Bonchev–Trinajstić information content (AvgIpc) is 2.98. The van der Waals surface area contributed by atoms with Crippen molar-refractivity contribution >= 4 is 51.5 Å². The lowest BCUT2D eigenvalue weighted by molar-refractivity contribution is -0.129. The Kier molecular flexibility index (Phi) is 7.34. The third-order valence-electron chi connectivity index (χ3n) is 8.21. The van der Waals surface area contributed by atoms with E-state index in [2.05, 4.69) is 16.5 Å². The molecule has 0 aliphatic carbocycles. The quantitative estimate of drug-likeness (QED) is 0.229. The Labute approximate surface area is 259 Å². The van der Waals surface area contributed by atoms with Gasteiger partial charge < -0.3 is 20.3 Å². The number of ether oxygens (including phenoxy) is 1. The summed E-state index contributed by atoms with van der Waals surface area (Å²) in [4.78, 5) is 40.8. The smallest absolute Gasteiger partial charge is 0.301 e. The van der Waals surface area contributed by atoms with Crippen molar-refractivity contribution in [2.24, 2.45) is 0 Å². The van der Waals surface area contributed by atoms with Gasteiger partial charge in [-0.05, 0) is 61.7 Å². The Morgan fingerprint density at radius 1 is 1.16 bits per heavy atom. The SMILES string of the molecule is C=CC(=O)N1CC2COc3c(c4cc(Cl)c(-c5cc(N)ccc5Cl)nc4n(-c4c(C)ccnc4C(C)C)c3=O)N2CC1C. The van der Waals surface area contributed by atoms with Gasteiger partial charge in [-0.1, -0.05) is 43.6 Å². The Bertz CT molecular complexity index is 1870. The molecule has 0 radical (unpaired) electrons. The zero-order valence-electron chi connectivity index (χ0n) is 24.4. The number of nitrogen functional groups attached to an aromatic ring is 1. The summed E-state index contributed by atoms with van der Waals surface area (Å²) in [5.74, 6) is 0.0921. The highest BCUT2D eigenvalue weighted by molar-refractivity contribution is 6.36. The maximum atomic E-state index is 14.6. The number of pyridine rings is 3. The Morgan fingerprint density at radius 2 is 1.93 bits per heavy atom. The number of carbonyl (C=O) groups is 1. The first-order valence-electron chi connectivity index (χ1n) is 14.1. The fraction of sp³-hybridized carbons (Fsp3) is 0.312. The van der Waals surface area contributed by atoms with E-state index < -0.39 is 0 Å². The van der Waals surface area contributed by atoms with E-state index in [9.17, 15) is 9.59 Å². The van der Waals surface area contributed by atoms with Gasteiger partial charge in [0, 0.05) is 42.0 Å². The normalized spacial score (nSPS) is 17.9. The number of hydrogen-bond acceptors (Lipinski definition) is 7. The van der Waals surface area contributed by atoms with Crippen molar-refractivity contribution in [2.45, 2.75) is 45.7 Å². The molecule has 11 heteroatoms. The van der Waals surface area contributed by atoms with Gasteiger partial charge in [0.15, 0.2) is 5.65 Å². The molecule has 5 heterocycles. The molecule has 0 bridgehead atoms. The summed E-state index contributed by atoms with van der Waals surface area (Å²) in [5, 5.41) is 1.41. The number of aromatic nitrogens is 3. The molecule has 1 fully saturated rings. The highest BCUT2D eigenvalue weighted by Gasteiger charge is 2.40. The number of fused-ring (bicyclic) bond motifs is 5. The number of hydrogen-bond donors (Lipinski definition) is 1. The molecule has 4 aromatic rings. The van der Waals surface area contributed by atoms with Crippen molar-refractivity contribution in [2.75, 3.05) is 30.3 Å². The van der Waals surface area contributed by atoms with E-state index in [1.165, 1.54) is 6.08 Å². The molecule has 9 nitrogen and oxygen atoms in total. The molecule has 43 heavy (non-hydrogen) atoms. The predicted molar refractivity (Wildman–Crippen MR) is 172 cm³/mol. The lowest BCUT2D eigenvalue weighted by atomic mass is 10.0. The number of nitrogens with zero attached hydrogens (tertiary/aromatic N) is 5. The number of aryl methyl sites for hydroxylation is 1. The van der Waals surface area contributed by atoms with Crippen LogP contribution < -0.4 is 20.9 Å². The topological polar surface area (TPSA) is 107 Å². The van der Waals surface area contributed by atoms with Gasteiger partial charge in [-0.25, -0.2) is 4.98 Å². The number of nitrogens with two attached hydrogens (primary N) is 1. The molecule has 2 aliphatic heterocycles. The zero-order valence-corrected chi connectivity index (χ0v) is 25.9. The molecule has 0 saturated carbocycles. The van der Waals surface area contributed by atoms with E-state index in [1.54, 1.807) is 33.9 Å². The Hall–Kier alpha value is -4.08. The summed E-state index contributed by atoms with van der Waals surface area (Å²) in [6.45, 7) is 12.8. The molecule has 0 spiro atoms. The fourth-order valence-corrected chi connectivity index (χ4v) is 6.58. The van der Waals surface area contributed by atoms with Gasteiger partial charge in [0.25, 0.3) is 0 Å². The third-order valence-corrected chi connectivity index (χ3v) is 8.83. The van der Waals surface area contributed by atoms with Crippen LogP contribution in [0.3, 0.4) is 0 Å². The van der Waals surface area contributed by atoms with Gasteiger partial charge in [-0.3, -0.25) is 19.1 Å². The van der Waals surface area contributed by atoms with Gasteiger partial charge in [0.1, 0.15) is 6.61 Å². The average molecular weight is 620 g/mol. The lowest BCUT2D eigenvalue weighted by Crippen LogP contribution is -2.62. The first kappa shape index (κ1) is 29.0. The highest BCUT2D eigenvalue weighted by atomic mass is 35.5. The Morgan fingerprint density at radius 3 is 2.65 bits per heavy atom. The molecular formula is C32H32Cl2N6O3. The minimum Gasteiger partial charge on any atom is -0.484 e. The van der Waals surface area contributed by atoms with Crippen molar-refractivity contribution in [1.29, 1.82) is 0 Å². The summed E-state index contributed by atoms with van der Waals surface area (Å²) in [5.41, 5.74) is 10.5. The lowest BCUT2D eigenvalue weighted by Gasteiger charge is -2.48. The first-order valence-corrected chi connectivity index (χ1v) is 14.9. The minimum atomic E-state index is -0.351. The van der Waals surface area contributed by atoms with Crippen LogP contribution in [0.2, 0.25) is 10.0 Å². The molecular weight excluding hydrogens is 587 g/mol. The monoisotopic (exact) mass is 618 g/mol. The summed E-state index contributed by atoms with van der Waals surface area (Å²) >= 11 is 13.6. The van der Waals surface area contributed by atoms with Gasteiger partial charge in [0.05, 0.1) is 38.8 Å². The van der Waals surface area contributed by atoms with Gasteiger partial charge in [-0.2, -0.15) is 0 Å². The van der Waals surface area contributed by atoms with Crippen LogP contribution >= 0.6 is 23.2 Å². The molecule has 2 atom stereocenters. The first-order chi connectivity index (χ1) is 20.5. The summed E-state index contributed by atoms with van der Waals surface area (Å²) in [6, 6.07) is 8.49. The molecule has 2 unspecified atom stereocenters. The van der Waals surface area contributed by atoms with Gasteiger partial charge in [-0.15, -0.1) is 0 Å². The maximum absolute atomic E-state index is 14.6. The van der Waals surface area contributed by atoms with Gasteiger partial charge in [0.2, 0.25) is 11.7 Å². The van der Waals surface area contributed by atoms with Crippen molar-refractivity contribution in [3.63, 3.8) is 0 Å². The number of anilines is 2. The van der Waals surface area contributed by atoms with Crippen LogP contribution in [-0.4, -0.2) is 57.1 Å². The summed E-state index contributed by atoms with van der Waals surface area (Å²) < 4.78 is 7.84. The number of rotatable bonds is 4. The van der Waals surface area contributed by atoms with E-state index in [0.717, 1.165) is 11.3 Å². The zero-order chi connectivity index (χ0) is 30.7. The van der Waals surface area contributed by atoms with Crippen LogP contribution in [-0.2, 0) is 4.79 Å².